The van der Waals surface area contributed by atoms with Gasteiger partial charge in [-0.25, -0.2) is 0 Å². The molecule has 0 saturated heterocycles. The van der Waals surface area contributed by atoms with Gasteiger partial charge in [0, 0.05) is 28.9 Å². The van der Waals surface area contributed by atoms with Gasteiger partial charge in [-0.1, -0.05) is 0 Å². The van der Waals surface area contributed by atoms with Gasteiger partial charge in [-0.05, 0) is 55.8 Å². The van der Waals surface area contributed by atoms with Crippen LogP contribution in [0.4, 0.5) is 5.69 Å². The second-order valence-corrected chi connectivity index (χ2v) is 6.64. The van der Waals surface area contributed by atoms with E-state index in [0.29, 0.717) is 22.2 Å². The molecule has 6 nitrogen and oxygen atoms in total. The van der Waals surface area contributed by atoms with E-state index in [1.54, 1.807) is 31.2 Å². The highest BCUT2D eigenvalue weighted by molar-refractivity contribution is 5.87. The molecule has 1 aliphatic rings. The Kier molecular flexibility index (Phi) is 3.68. The molecule has 4 rings (SSSR count). The Balaban J connectivity index is 1.72. The lowest BCUT2D eigenvalue weighted by molar-refractivity contribution is 0.449. The molecule has 0 radical (unpaired) electrons. The van der Waals surface area contributed by atoms with Gasteiger partial charge < -0.3 is 25.4 Å². The van der Waals surface area contributed by atoms with Crippen molar-refractivity contribution < 1.29 is 14.6 Å². The summed E-state index contributed by atoms with van der Waals surface area (Å²) >= 11 is 0. The van der Waals surface area contributed by atoms with Crippen LogP contribution in [0.1, 0.15) is 13.3 Å². The fraction of sp³-hybridized carbons (Fsp3) is 0.200. The number of phenolic OH excluding ortho intramolecular Hbond substituents is 1. The number of phenols is 1. The van der Waals surface area contributed by atoms with Crippen LogP contribution in [-0.2, 0) is 0 Å². The van der Waals surface area contributed by atoms with Crippen molar-refractivity contribution in [2.45, 2.75) is 19.4 Å². The first kappa shape index (κ1) is 16.2. The molecule has 0 spiro atoms. The maximum Gasteiger partial charge on any atom is 0.235 e. The highest BCUT2D eigenvalue weighted by Crippen LogP contribution is 2.36. The molecule has 2 aromatic carbocycles. The van der Waals surface area contributed by atoms with Crippen LogP contribution in [0.15, 0.2) is 51.7 Å². The first-order valence-corrected chi connectivity index (χ1v) is 8.35. The summed E-state index contributed by atoms with van der Waals surface area (Å²) in [7, 11) is 0. The van der Waals surface area contributed by atoms with E-state index in [1.165, 1.54) is 12.1 Å². The third kappa shape index (κ3) is 2.79. The van der Waals surface area contributed by atoms with E-state index in [9.17, 15) is 15.0 Å². The summed E-state index contributed by atoms with van der Waals surface area (Å²) in [5.41, 5.74) is 1.78. The van der Waals surface area contributed by atoms with Gasteiger partial charge in [0.25, 0.3) is 0 Å². The number of aromatic hydroxyl groups is 2. The molecule has 3 aromatic rings. The molecule has 1 aliphatic carbocycles. The third-order valence-corrected chi connectivity index (χ3v) is 4.69. The van der Waals surface area contributed by atoms with E-state index < -0.39 is 11.2 Å². The lowest BCUT2D eigenvalue weighted by atomic mass is 10.1. The van der Waals surface area contributed by atoms with Crippen LogP contribution in [-0.4, -0.2) is 22.0 Å². The van der Waals surface area contributed by atoms with Crippen LogP contribution >= 0.6 is 0 Å². The summed E-state index contributed by atoms with van der Waals surface area (Å²) in [5, 5.41) is 31.0. The maximum absolute atomic E-state index is 12.6. The van der Waals surface area contributed by atoms with Crippen LogP contribution in [0.25, 0.3) is 22.3 Å². The minimum Gasteiger partial charge on any atom is -0.508 e. The Morgan fingerprint density at radius 2 is 1.92 bits per heavy atom. The average molecular weight is 350 g/mol. The van der Waals surface area contributed by atoms with Crippen molar-refractivity contribution in [3.63, 3.8) is 0 Å². The van der Waals surface area contributed by atoms with E-state index in [2.05, 4.69) is 5.32 Å². The Bertz CT molecular complexity index is 1070. The van der Waals surface area contributed by atoms with E-state index in [-0.39, 0.29) is 23.5 Å². The Morgan fingerprint density at radius 3 is 2.58 bits per heavy atom. The van der Waals surface area contributed by atoms with E-state index in [0.717, 1.165) is 12.1 Å². The van der Waals surface area contributed by atoms with Crippen LogP contribution in [0.3, 0.4) is 0 Å². The quantitative estimate of drug-likeness (QED) is 0.537. The number of hydrogen-bond donors (Lipinski definition) is 4. The standard InChI is InChI=1S/C20H18N2O4/c1-10(21)14-9-16(14)22-12-4-7-17-15(8-12)18(24)19(25)20(26-17)11-2-5-13(23)6-3-11/h2-8,14,16,21-23,25H,9H2,1H3. The van der Waals surface area contributed by atoms with Crippen LogP contribution in [0.2, 0.25) is 0 Å². The highest BCUT2D eigenvalue weighted by Gasteiger charge is 2.38. The van der Waals surface area contributed by atoms with Gasteiger partial charge in [-0.2, -0.15) is 0 Å². The summed E-state index contributed by atoms with van der Waals surface area (Å²) in [6, 6.07) is 11.4. The second kappa shape index (κ2) is 5.91. The predicted octanol–water partition coefficient (Wildman–Crippen LogP) is 3.71. The van der Waals surface area contributed by atoms with Crippen molar-refractivity contribution in [1.29, 1.82) is 5.41 Å². The lowest BCUT2D eigenvalue weighted by Gasteiger charge is -2.09. The summed E-state index contributed by atoms with van der Waals surface area (Å²) in [6.45, 7) is 1.80. The monoisotopic (exact) mass is 350 g/mol. The largest absolute Gasteiger partial charge is 0.508 e. The van der Waals surface area contributed by atoms with Gasteiger partial charge in [0.15, 0.2) is 5.76 Å². The second-order valence-electron chi connectivity index (χ2n) is 6.64. The van der Waals surface area contributed by atoms with Gasteiger partial charge in [0.2, 0.25) is 11.2 Å². The summed E-state index contributed by atoms with van der Waals surface area (Å²) < 4.78 is 5.74. The topological polar surface area (TPSA) is 107 Å². The number of anilines is 1. The number of nitrogens with one attached hydrogen (secondary N) is 2. The van der Waals surface area contributed by atoms with Crippen molar-refractivity contribution >= 4 is 22.4 Å². The van der Waals surface area contributed by atoms with Crippen LogP contribution in [0, 0.1) is 11.3 Å². The molecule has 6 heteroatoms. The summed E-state index contributed by atoms with van der Waals surface area (Å²) in [6.07, 6.45) is 0.910. The predicted molar refractivity (Wildman–Crippen MR) is 100 cm³/mol. The zero-order chi connectivity index (χ0) is 18.4. The van der Waals surface area contributed by atoms with Crippen molar-refractivity contribution in [2.24, 2.45) is 5.92 Å². The summed E-state index contributed by atoms with van der Waals surface area (Å²) in [4.78, 5) is 12.6. The fourth-order valence-corrected chi connectivity index (χ4v) is 3.13. The molecule has 1 aromatic heterocycles. The molecule has 2 atom stereocenters. The van der Waals surface area contributed by atoms with Gasteiger partial charge in [-0.15, -0.1) is 0 Å². The molecule has 4 N–H and O–H groups in total. The number of benzene rings is 2. The molecule has 0 amide bonds. The molecule has 1 saturated carbocycles. The lowest BCUT2D eigenvalue weighted by Crippen LogP contribution is -2.09. The number of hydrogen-bond acceptors (Lipinski definition) is 6. The molecule has 132 valence electrons. The van der Waals surface area contributed by atoms with Crippen LogP contribution < -0.4 is 10.7 Å². The van der Waals surface area contributed by atoms with Crippen molar-refractivity contribution in [2.75, 3.05) is 5.32 Å². The van der Waals surface area contributed by atoms with E-state index in [1.807, 2.05) is 6.07 Å². The van der Waals surface area contributed by atoms with Crippen LogP contribution in [0.5, 0.6) is 11.5 Å². The molecular formula is C20H18N2O4. The molecule has 0 aliphatic heterocycles. The van der Waals surface area contributed by atoms with E-state index in [4.69, 9.17) is 9.83 Å². The minimum atomic E-state index is -0.506. The molecule has 1 heterocycles. The molecule has 2 unspecified atom stereocenters. The fourth-order valence-electron chi connectivity index (χ4n) is 3.13. The normalized spacial score (nSPS) is 18.7. The Hall–Kier alpha value is -3.28. The molecule has 26 heavy (non-hydrogen) atoms. The Morgan fingerprint density at radius 1 is 1.19 bits per heavy atom. The first-order valence-electron chi connectivity index (χ1n) is 8.35. The third-order valence-electron chi connectivity index (χ3n) is 4.69. The average Bonchev–Trinajstić information content (AvgIpc) is 3.39. The van der Waals surface area contributed by atoms with Crippen molar-refractivity contribution in [3.05, 3.63) is 52.7 Å². The SMILES string of the molecule is CC(=N)C1CC1Nc1ccc2oc(-c3ccc(O)cc3)c(O)c(=O)c2c1. The molecule has 0 bridgehead atoms. The van der Waals surface area contributed by atoms with Gasteiger partial charge in [0.05, 0.1) is 5.39 Å². The maximum atomic E-state index is 12.6. The van der Waals surface area contributed by atoms with Crippen molar-refractivity contribution in [3.8, 4) is 22.8 Å². The zero-order valence-electron chi connectivity index (χ0n) is 14.1. The smallest absolute Gasteiger partial charge is 0.235 e. The number of rotatable bonds is 4. The first-order chi connectivity index (χ1) is 12.4. The number of fused-ring (bicyclic) bond motifs is 1. The van der Waals surface area contributed by atoms with Gasteiger partial charge in [-0.3, -0.25) is 4.79 Å². The minimum absolute atomic E-state index is 0.0740. The van der Waals surface area contributed by atoms with Gasteiger partial charge >= 0.3 is 0 Å². The van der Waals surface area contributed by atoms with E-state index >= 15 is 0 Å². The zero-order valence-corrected chi connectivity index (χ0v) is 14.1. The Labute approximate surface area is 149 Å². The molecule has 1 fully saturated rings. The van der Waals surface area contributed by atoms with Crippen molar-refractivity contribution in [1.82, 2.24) is 0 Å². The highest BCUT2D eigenvalue weighted by atomic mass is 16.4. The van der Waals surface area contributed by atoms with Gasteiger partial charge in [0.1, 0.15) is 11.3 Å². The molecular weight excluding hydrogens is 332 g/mol. The summed E-state index contributed by atoms with van der Waals surface area (Å²) in [5.74, 6) is -0.0529.